The fourth-order valence-electron chi connectivity index (χ4n) is 1.49. The third-order valence-corrected chi connectivity index (χ3v) is 2.28. The van der Waals surface area contributed by atoms with Gasteiger partial charge in [0.05, 0.1) is 17.2 Å². The first-order valence-electron chi connectivity index (χ1n) is 5.20. The maximum Gasteiger partial charge on any atom is 0.417 e. The van der Waals surface area contributed by atoms with Crippen LogP contribution in [0.3, 0.4) is 0 Å². The van der Waals surface area contributed by atoms with Crippen LogP contribution in [-0.4, -0.2) is 6.04 Å². The Hall–Kier alpha value is -2.14. The molecule has 1 aromatic carbocycles. The lowest BCUT2D eigenvalue weighted by atomic mass is 10.1. The Labute approximate surface area is 103 Å². The molecular weight excluding hydrogens is 241 g/mol. The van der Waals surface area contributed by atoms with E-state index in [-0.39, 0.29) is 6.04 Å². The van der Waals surface area contributed by atoms with Gasteiger partial charge in [-0.3, -0.25) is 0 Å². The maximum absolute atomic E-state index is 12.6. The van der Waals surface area contributed by atoms with E-state index in [2.05, 4.69) is 11.2 Å². The van der Waals surface area contributed by atoms with Gasteiger partial charge in [-0.05, 0) is 25.1 Å². The van der Waals surface area contributed by atoms with Crippen LogP contribution in [0.1, 0.15) is 24.5 Å². The average Bonchev–Trinajstić information content (AvgIpc) is 2.27. The van der Waals surface area contributed by atoms with Crippen LogP contribution < -0.4 is 5.32 Å². The Morgan fingerprint density at radius 2 is 2.11 bits per heavy atom. The van der Waals surface area contributed by atoms with E-state index in [1.54, 1.807) is 6.07 Å². The fourth-order valence-corrected chi connectivity index (χ4v) is 1.49. The van der Waals surface area contributed by atoms with Gasteiger partial charge >= 0.3 is 6.18 Å². The van der Waals surface area contributed by atoms with Crippen LogP contribution in [-0.2, 0) is 6.18 Å². The molecule has 0 radical (unpaired) electrons. The van der Waals surface area contributed by atoms with Crippen LogP contribution in [0.4, 0.5) is 18.9 Å². The Morgan fingerprint density at radius 1 is 1.44 bits per heavy atom. The van der Waals surface area contributed by atoms with Gasteiger partial charge in [-0.2, -0.15) is 18.4 Å². The Kier molecular flexibility index (Phi) is 4.23. The van der Waals surface area contributed by atoms with Crippen molar-refractivity contribution in [1.82, 2.24) is 0 Å². The summed E-state index contributed by atoms with van der Waals surface area (Å²) < 4.78 is 37.7. The van der Waals surface area contributed by atoms with Crippen molar-refractivity contribution in [2.75, 3.05) is 5.32 Å². The number of benzene rings is 1. The van der Waals surface area contributed by atoms with E-state index < -0.39 is 17.3 Å². The standard InChI is InChI=1S/C13H11F3N2/c1-3-4-9(2)18-11-5-6-12(13(14,15)16)10(7-11)8-17/h1,5-7,9,18H,4H2,2H3. The second kappa shape index (κ2) is 5.46. The lowest BCUT2D eigenvalue weighted by Crippen LogP contribution is -2.15. The van der Waals surface area contributed by atoms with E-state index in [4.69, 9.17) is 11.7 Å². The molecule has 1 atom stereocenters. The summed E-state index contributed by atoms with van der Waals surface area (Å²) in [5, 5.41) is 11.7. The summed E-state index contributed by atoms with van der Waals surface area (Å²) in [4.78, 5) is 0. The van der Waals surface area contributed by atoms with Crippen molar-refractivity contribution in [3.05, 3.63) is 29.3 Å². The van der Waals surface area contributed by atoms with Gasteiger partial charge in [-0.15, -0.1) is 12.3 Å². The van der Waals surface area contributed by atoms with Gasteiger partial charge in [-0.1, -0.05) is 0 Å². The average molecular weight is 252 g/mol. The number of halogens is 3. The molecule has 0 aliphatic carbocycles. The van der Waals surface area contributed by atoms with Gasteiger partial charge in [0.2, 0.25) is 0 Å². The molecule has 0 fully saturated rings. The monoisotopic (exact) mass is 252 g/mol. The molecule has 1 unspecified atom stereocenters. The molecule has 5 heteroatoms. The molecule has 0 heterocycles. The first-order chi connectivity index (χ1) is 8.38. The Balaban J connectivity index is 3.01. The second-order valence-electron chi connectivity index (χ2n) is 3.82. The summed E-state index contributed by atoms with van der Waals surface area (Å²) in [7, 11) is 0. The lowest BCUT2D eigenvalue weighted by Gasteiger charge is -2.14. The Morgan fingerprint density at radius 3 is 2.61 bits per heavy atom. The molecule has 2 nitrogen and oxygen atoms in total. The number of nitriles is 1. The van der Waals surface area contributed by atoms with Crippen molar-refractivity contribution in [1.29, 1.82) is 5.26 Å². The van der Waals surface area contributed by atoms with Gasteiger partial charge in [0, 0.05) is 18.2 Å². The maximum atomic E-state index is 12.6. The molecule has 0 spiro atoms. The summed E-state index contributed by atoms with van der Waals surface area (Å²) in [6, 6.07) is 4.83. The summed E-state index contributed by atoms with van der Waals surface area (Å²) in [5.41, 5.74) is -0.886. The van der Waals surface area contributed by atoms with Crippen molar-refractivity contribution in [3.8, 4) is 18.4 Å². The highest BCUT2D eigenvalue weighted by Crippen LogP contribution is 2.33. The molecule has 1 rings (SSSR count). The van der Waals surface area contributed by atoms with E-state index in [9.17, 15) is 13.2 Å². The predicted molar refractivity (Wildman–Crippen MR) is 62.7 cm³/mol. The third kappa shape index (κ3) is 3.43. The van der Waals surface area contributed by atoms with E-state index in [1.807, 2.05) is 6.92 Å². The van der Waals surface area contributed by atoms with E-state index >= 15 is 0 Å². The van der Waals surface area contributed by atoms with Crippen LogP contribution in [0, 0.1) is 23.7 Å². The summed E-state index contributed by atoms with van der Waals surface area (Å²) in [6.45, 7) is 1.81. The van der Waals surface area contributed by atoms with Gasteiger partial charge < -0.3 is 5.32 Å². The number of hydrogen-bond donors (Lipinski definition) is 1. The van der Waals surface area contributed by atoms with Crippen LogP contribution in [0.15, 0.2) is 18.2 Å². The normalized spacial score (nSPS) is 12.3. The van der Waals surface area contributed by atoms with Crippen LogP contribution in [0.2, 0.25) is 0 Å². The molecular formula is C13H11F3N2. The number of anilines is 1. The molecule has 0 aromatic heterocycles. The number of alkyl halides is 3. The highest BCUT2D eigenvalue weighted by atomic mass is 19.4. The predicted octanol–water partition coefficient (Wildman–Crippen LogP) is 3.40. The molecule has 1 aromatic rings. The SMILES string of the molecule is C#CCC(C)Nc1ccc(C(F)(F)F)c(C#N)c1. The molecule has 0 bridgehead atoms. The number of nitrogens with zero attached hydrogens (tertiary/aromatic N) is 1. The van der Waals surface area contributed by atoms with Gasteiger partial charge in [0.1, 0.15) is 0 Å². The minimum atomic E-state index is -4.52. The van der Waals surface area contributed by atoms with Gasteiger partial charge in [0.25, 0.3) is 0 Å². The van der Waals surface area contributed by atoms with Crippen LogP contribution in [0.25, 0.3) is 0 Å². The topological polar surface area (TPSA) is 35.8 Å². The van der Waals surface area contributed by atoms with Gasteiger partial charge in [0.15, 0.2) is 0 Å². The zero-order chi connectivity index (χ0) is 13.8. The molecule has 0 saturated heterocycles. The minimum absolute atomic E-state index is 0.0710. The van der Waals surface area contributed by atoms with Crippen LogP contribution in [0.5, 0.6) is 0 Å². The zero-order valence-corrected chi connectivity index (χ0v) is 9.67. The minimum Gasteiger partial charge on any atom is -0.382 e. The quantitative estimate of drug-likeness (QED) is 0.837. The molecule has 1 N–H and O–H groups in total. The lowest BCUT2D eigenvalue weighted by molar-refractivity contribution is -0.137. The smallest absolute Gasteiger partial charge is 0.382 e. The van der Waals surface area contributed by atoms with Crippen molar-refractivity contribution >= 4 is 5.69 Å². The number of hydrogen-bond acceptors (Lipinski definition) is 2. The molecule has 18 heavy (non-hydrogen) atoms. The third-order valence-electron chi connectivity index (χ3n) is 2.28. The molecule has 0 amide bonds. The van der Waals surface area contributed by atoms with Gasteiger partial charge in [-0.25, -0.2) is 0 Å². The van der Waals surface area contributed by atoms with E-state index in [0.29, 0.717) is 12.1 Å². The molecule has 94 valence electrons. The summed E-state index contributed by atoms with van der Waals surface area (Å²) >= 11 is 0. The largest absolute Gasteiger partial charge is 0.417 e. The fraction of sp³-hybridized carbons (Fsp3) is 0.308. The van der Waals surface area contributed by atoms with Crippen molar-refractivity contribution in [2.45, 2.75) is 25.6 Å². The number of rotatable bonds is 3. The van der Waals surface area contributed by atoms with Crippen molar-refractivity contribution in [3.63, 3.8) is 0 Å². The molecule has 0 aliphatic heterocycles. The number of nitrogens with one attached hydrogen (secondary N) is 1. The summed E-state index contributed by atoms with van der Waals surface area (Å²) in [6.07, 6.45) is 1.06. The number of terminal acetylenes is 1. The van der Waals surface area contributed by atoms with Crippen LogP contribution >= 0.6 is 0 Å². The van der Waals surface area contributed by atoms with Crippen molar-refractivity contribution in [2.24, 2.45) is 0 Å². The van der Waals surface area contributed by atoms with Crippen molar-refractivity contribution < 1.29 is 13.2 Å². The first kappa shape index (κ1) is 13.9. The Bertz CT molecular complexity index is 506. The van der Waals surface area contributed by atoms with E-state index in [0.717, 1.165) is 6.07 Å². The summed E-state index contributed by atoms with van der Waals surface area (Å²) in [5.74, 6) is 2.44. The highest BCUT2D eigenvalue weighted by Gasteiger charge is 2.33. The second-order valence-corrected chi connectivity index (χ2v) is 3.82. The first-order valence-corrected chi connectivity index (χ1v) is 5.20. The van der Waals surface area contributed by atoms with E-state index in [1.165, 1.54) is 12.1 Å². The molecule has 0 aliphatic rings. The highest BCUT2D eigenvalue weighted by molar-refractivity contribution is 5.54. The molecule has 0 saturated carbocycles. The zero-order valence-electron chi connectivity index (χ0n) is 9.67.